The summed E-state index contributed by atoms with van der Waals surface area (Å²) in [5.74, 6) is -0.185. The van der Waals surface area contributed by atoms with E-state index < -0.39 is 10.0 Å². The van der Waals surface area contributed by atoms with Crippen molar-refractivity contribution in [3.05, 3.63) is 46.8 Å². The molecule has 1 aromatic carbocycles. The van der Waals surface area contributed by atoms with E-state index in [9.17, 15) is 13.2 Å². The minimum Gasteiger partial charge on any atom is -0.399 e. The average Bonchev–Trinajstić information content (AvgIpc) is 3.12. The molecule has 1 saturated heterocycles. The summed E-state index contributed by atoms with van der Waals surface area (Å²) in [5.41, 5.74) is 6.74. The van der Waals surface area contributed by atoms with Gasteiger partial charge in [-0.25, -0.2) is 8.42 Å². The van der Waals surface area contributed by atoms with Crippen molar-refractivity contribution in [1.82, 2.24) is 9.62 Å². The minimum atomic E-state index is -3.38. The predicted octanol–water partition coefficient (Wildman–Crippen LogP) is 2.90. The molecule has 1 amide bonds. The second-order valence-corrected chi connectivity index (χ2v) is 9.65. The van der Waals surface area contributed by atoms with Crippen molar-refractivity contribution in [3.8, 4) is 0 Å². The Kier molecular flexibility index (Phi) is 7.67. The largest absolute Gasteiger partial charge is 0.399 e. The molecule has 0 spiro atoms. The molecule has 2 heterocycles. The molecule has 6 nitrogen and oxygen atoms in total. The third kappa shape index (κ3) is 5.44. The first-order chi connectivity index (χ1) is 12.5. The Hall–Kier alpha value is -1.61. The quantitative estimate of drug-likeness (QED) is 0.690. The molecule has 148 valence electrons. The summed E-state index contributed by atoms with van der Waals surface area (Å²) in [7, 11) is -3.38. The monoisotopic (exact) mass is 429 g/mol. The number of sulfonamides is 1. The van der Waals surface area contributed by atoms with Crippen LogP contribution in [-0.2, 0) is 16.4 Å². The predicted molar refractivity (Wildman–Crippen MR) is 111 cm³/mol. The van der Waals surface area contributed by atoms with Crippen molar-refractivity contribution in [2.45, 2.75) is 29.9 Å². The maximum absolute atomic E-state index is 12.7. The molecule has 0 saturated carbocycles. The molecule has 1 fully saturated rings. The SMILES string of the molecule is Cl.Nc1cccc(C(=O)NCCc2ccc(S(=O)(=O)N3CCCCC3)s2)c1. The Labute approximate surface area is 170 Å². The topological polar surface area (TPSA) is 92.5 Å². The number of hydrogen-bond donors (Lipinski definition) is 2. The van der Waals surface area contributed by atoms with Gasteiger partial charge < -0.3 is 11.1 Å². The van der Waals surface area contributed by atoms with Crippen LogP contribution >= 0.6 is 23.7 Å². The second kappa shape index (κ2) is 9.54. The molecule has 0 radical (unpaired) electrons. The standard InChI is InChI=1S/C18H23N3O3S2.ClH/c19-15-6-4-5-14(13-15)18(22)20-10-9-16-7-8-17(25-16)26(23,24)21-11-2-1-3-12-21;/h4-8,13H,1-3,9-12,19H2,(H,20,22);1H. The van der Waals surface area contributed by atoms with Crippen molar-refractivity contribution >= 4 is 45.4 Å². The van der Waals surface area contributed by atoms with Crippen LogP contribution in [0.3, 0.4) is 0 Å². The molecular formula is C18H24ClN3O3S2. The summed E-state index contributed by atoms with van der Waals surface area (Å²) in [6.07, 6.45) is 3.53. The molecule has 0 aliphatic carbocycles. The molecule has 0 atom stereocenters. The van der Waals surface area contributed by atoms with Crippen LogP contribution in [0.1, 0.15) is 34.5 Å². The molecule has 0 unspecified atom stereocenters. The van der Waals surface area contributed by atoms with Gasteiger partial charge >= 0.3 is 0 Å². The lowest BCUT2D eigenvalue weighted by atomic mass is 10.2. The van der Waals surface area contributed by atoms with Gasteiger partial charge in [0, 0.05) is 35.8 Å². The fourth-order valence-electron chi connectivity index (χ4n) is 2.94. The fraction of sp³-hybridized carbons (Fsp3) is 0.389. The Morgan fingerprint density at radius 1 is 1.15 bits per heavy atom. The third-order valence-corrected chi connectivity index (χ3v) is 7.86. The first-order valence-corrected chi connectivity index (χ1v) is 10.9. The number of thiophene rings is 1. The number of benzene rings is 1. The maximum atomic E-state index is 12.7. The van der Waals surface area contributed by atoms with Crippen LogP contribution in [0.15, 0.2) is 40.6 Å². The van der Waals surface area contributed by atoms with Crippen LogP contribution in [0.2, 0.25) is 0 Å². The molecule has 9 heteroatoms. The summed E-state index contributed by atoms with van der Waals surface area (Å²) in [5, 5.41) is 2.84. The summed E-state index contributed by atoms with van der Waals surface area (Å²) in [6, 6.07) is 10.3. The number of carbonyl (C=O) groups is 1. The van der Waals surface area contributed by atoms with Gasteiger partial charge in [0.1, 0.15) is 4.21 Å². The lowest BCUT2D eigenvalue weighted by molar-refractivity contribution is 0.0954. The maximum Gasteiger partial charge on any atom is 0.252 e. The molecule has 2 aromatic rings. The highest BCUT2D eigenvalue weighted by atomic mass is 35.5. The number of nitrogens with one attached hydrogen (secondary N) is 1. The smallest absolute Gasteiger partial charge is 0.252 e. The van der Waals surface area contributed by atoms with Crippen LogP contribution < -0.4 is 11.1 Å². The molecule has 1 aliphatic rings. The van der Waals surface area contributed by atoms with E-state index in [4.69, 9.17) is 5.73 Å². The van der Waals surface area contributed by atoms with E-state index in [0.717, 1.165) is 24.1 Å². The zero-order valence-corrected chi connectivity index (χ0v) is 17.3. The van der Waals surface area contributed by atoms with E-state index in [1.807, 2.05) is 6.07 Å². The minimum absolute atomic E-state index is 0. The van der Waals surface area contributed by atoms with Crippen LogP contribution in [-0.4, -0.2) is 38.3 Å². The molecule has 1 aliphatic heterocycles. The molecule has 1 aromatic heterocycles. The zero-order valence-electron chi connectivity index (χ0n) is 14.9. The number of nitrogen functional groups attached to an aromatic ring is 1. The van der Waals surface area contributed by atoms with Crippen molar-refractivity contribution in [2.75, 3.05) is 25.4 Å². The molecule has 3 N–H and O–H groups in total. The number of hydrogen-bond acceptors (Lipinski definition) is 5. The lowest BCUT2D eigenvalue weighted by Crippen LogP contribution is -2.35. The van der Waals surface area contributed by atoms with Crippen LogP contribution in [0.5, 0.6) is 0 Å². The summed E-state index contributed by atoms with van der Waals surface area (Å²) < 4.78 is 27.3. The number of anilines is 1. The lowest BCUT2D eigenvalue weighted by Gasteiger charge is -2.25. The highest BCUT2D eigenvalue weighted by Crippen LogP contribution is 2.27. The normalized spacial score (nSPS) is 15.1. The van der Waals surface area contributed by atoms with Crippen LogP contribution in [0.4, 0.5) is 5.69 Å². The Balaban J connectivity index is 0.00000261. The highest BCUT2D eigenvalue weighted by molar-refractivity contribution is 7.91. The van der Waals surface area contributed by atoms with E-state index in [1.165, 1.54) is 11.3 Å². The molecule has 0 bridgehead atoms. The van der Waals surface area contributed by atoms with Gasteiger partial charge in [-0.3, -0.25) is 4.79 Å². The van der Waals surface area contributed by atoms with E-state index >= 15 is 0 Å². The number of rotatable bonds is 6. The van der Waals surface area contributed by atoms with Crippen molar-refractivity contribution in [2.24, 2.45) is 0 Å². The zero-order chi connectivity index (χ0) is 18.6. The average molecular weight is 430 g/mol. The van der Waals surface area contributed by atoms with Gasteiger partial charge in [0.2, 0.25) is 0 Å². The van der Waals surface area contributed by atoms with Gasteiger partial charge in [0.15, 0.2) is 0 Å². The van der Waals surface area contributed by atoms with E-state index in [0.29, 0.717) is 41.5 Å². The Bertz CT molecular complexity index is 877. The highest BCUT2D eigenvalue weighted by Gasteiger charge is 2.27. The van der Waals surface area contributed by atoms with Crippen LogP contribution in [0.25, 0.3) is 0 Å². The Morgan fingerprint density at radius 3 is 2.59 bits per heavy atom. The van der Waals surface area contributed by atoms with Gasteiger partial charge in [0.05, 0.1) is 0 Å². The van der Waals surface area contributed by atoms with Gasteiger partial charge in [-0.05, 0) is 49.6 Å². The first-order valence-electron chi connectivity index (χ1n) is 8.69. The number of halogens is 1. The van der Waals surface area contributed by atoms with E-state index in [-0.39, 0.29) is 18.3 Å². The van der Waals surface area contributed by atoms with Crippen molar-refractivity contribution < 1.29 is 13.2 Å². The third-order valence-electron chi connectivity index (χ3n) is 4.35. The number of piperidine rings is 1. The number of amides is 1. The van der Waals surface area contributed by atoms with Crippen molar-refractivity contribution in [1.29, 1.82) is 0 Å². The van der Waals surface area contributed by atoms with E-state index in [1.54, 1.807) is 34.6 Å². The molecular weight excluding hydrogens is 406 g/mol. The summed E-state index contributed by atoms with van der Waals surface area (Å²) in [6.45, 7) is 1.65. The number of carbonyl (C=O) groups excluding carboxylic acids is 1. The molecule has 3 rings (SSSR count). The summed E-state index contributed by atoms with van der Waals surface area (Å²) in [4.78, 5) is 13.0. The van der Waals surface area contributed by atoms with Gasteiger partial charge in [-0.1, -0.05) is 12.5 Å². The van der Waals surface area contributed by atoms with Crippen molar-refractivity contribution in [3.63, 3.8) is 0 Å². The Morgan fingerprint density at radius 2 is 1.89 bits per heavy atom. The first kappa shape index (κ1) is 21.7. The van der Waals surface area contributed by atoms with Crippen LogP contribution in [0, 0.1) is 0 Å². The number of nitrogens with zero attached hydrogens (tertiary/aromatic N) is 1. The van der Waals surface area contributed by atoms with Gasteiger partial charge in [-0.15, -0.1) is 23.7 Å². The summed E-state index contributed by atoms with van der Waals surface area (Å²) >= 11 is 1.28. The van der Waals surface area contributed by atoms with Gasteiger partial charge in [-0.2, -0.15) is 4.31 Å². The van der Waals surface area contributed by atoms with Gasteiger partial charge in [0.25, 0.3) is 15.9 Å². The van der Waals surface area contributed by atoms with E-state index in [2.05, 4.69) is 5.32 Å². The second-order valence-electron chi connectivity index (χ2n) is 6.32. The fourth-order valence-corrected chi connectivity index (χ4v) is 5.97. The number of nitrogens with two attached hydrogens (primary N) is 1. The molecule has 27 heavy (non-hydrogen) atoms.